The van der Waals surface area contributed by atoms with Crippen LogP contribution in [0, 0.1) is 0 Å². The average Bonchev–Trinajstić information content (AvgIpc) is 2.43. The molecule has 0 heterocycles. The highest BCUT2D eigenvalue weighted by Crippen LogP contribution is 2.29. The van der Waals surface area contributed by atoms with Crippen molar-refractivity contribution in [2.24, 2.45) is 0 Å². The number of anilines is 1. The Morgan fingerprint density at radius 1 is 1.27 bits per heavy atom. The summed E-state index contributed by atoms with van der Waals surface area (Å²) in [5, 5.41) is 11.9. The second-order valence-corrected chi connectivity index (χ2v) is 6.61. The molecule has 0 saturated carbocycles. The number of hydrogen-bond donors (Lipinski definition) is 2. The van der Waals surface area contributed by atoms with Crippen molar-refractivity contribution >= 4 is 17.5 Å². The van der Waals surface area contributed by atoms with E-state index in [-0.39, 0.29) is 5.41 Å². The quantitative estimate of drug-likeness (QED) is 0.837. The van der Waals surface area contributed by atoms with Crippen LogP contribution in [0.1, 0.15) is 39.7 Å². The van der Waals surface area contributed by atoms with E-state index in [0.29, 0.717) is 18.7 Å². The smallest absolute Gasteiger partial charge is 0.313 e. The number of hydrogen-bond acceptors (Lipinski definition) is 3. The first-order valence-corrected chi connectivity index (χ1v) is 7.47. The minimum Gasteiger partial charge on any atom is -0.393 e. The van der Waals surface area contributed by atoms with Crippen LogP contribution < -0.4 is 5.32 Å². The van der Waals surface area contributed by atoms with Gasteiger partial charge in [-0.05, 0) is 30.4 Å². The molecule has 0 aliphatic heterocycles. The van der Waals surface area contributed by atoms with E-state index in [1.807, 2.05) is 18.2 Å². The summed E-state index contributed by atoms with van der Waals surface area (Å²) in [5.41, 5.74) is 1.49. The van der Waals surface area contributed by atoms with Crippen molar-refractivity contribution in [2.45, 2.75) is 45.6 Å². The summed E-state index contributed by atoms with van der Waals surface area (Å²) in [4.78, 5) is 25.5. The van der Waals surface area contributed by atoms with E-state index in [1.165, 1.54) is 4.90 Å². The van der Waals surface area contributed by atoms with Crippen LogP contribution in [0.25, 0.3) is 0 Å². The number of nitrogens with one attached hydrogen (secondary N) is 1. The standard InChI is InChI=1S/C17H26N2O3/c1-12(20)10-11-19(5)16(22)15(21)18-14-9-7-6-8-13(14)17(2,3)4/h6-9,12,20H,10-11H2,1-5H3,(H,18,21). The summed E-state index contributed by atoms with van der Waals surface area (Å²) in [5.74, 6) is -1.27. The summed E-state index contributed by atoms with van der Waals surface area (Å²) >= 11 is 0. The SMILES string of the molecule is CC(O)CCN(C)C(=O)C(=O)Nc1ccccc1C(C)(C)C. The van der Waals surface area contributed by atoms with Crippen LogP contribution in [0.3, 0.4) is 0 Å². The van der Waals surface area contributed by atoms with Gasteiger partial charge >= 0.3 is 11.8 Å². The zero-order chi connectivity index (χ0) is 16.9. The van der Waals surface area contributed by atoms with Crippen molar-refractivity contribution in [3.63, 3.8) is 0 Å². The molecule has 5 heteroatoms. The van der Waals surface area contributed by atoms with Gasteiger partial charge in [-0.15, -0.1) is 0 Å². The van der Waals surface area contributed by atoms with Gasteiger partial charge in [0.25, 0.3) is 0 Å². The lowest BCUT2D eigenvalue weighted by Gasteiger charge is -2.23. The van der Waals surface area contributed by atoms with E-state index in [1.54, 1.807) is 20.0 Å². The van der Waals surface area contributed by atoms with E-state index in [0.717, 1.165) is 5.56 Å². The fourth-order valence-corrected chi connectivity index (χ4v) is 2.08. The normalized spacial score (nSPS) is 12.6. The third-order valence-electron chi connectivity index (χ3n) is 3.41. The summed E-state index contributed by atoms with van der Waals surface area (Å²) in [6, 6.07) is 7.47. The van der Waals surface area contributed by atoms with E-state index in [9.17, 15) is 14.7 Å². The number of rotatable bonds is 4. The van der Waals surface area contributed by atoms with Crippen LogP contribution >= 0.6 is 0 Å². The molecule has 0 aliphatic carbocycles. The highest BCUT2D eigenvalue weighted by molar-refractivity contribution is 6.39. The molecule has 0 fully saturated rings. The Hall–Kier alpha value is -1.88. The molecule has 22 heavy (non-hydrogen) atoms. The van der Waals surface area contributed by atoms with Crippen LogP contribution in [-0.2, 0) is 15.0 Å². The zero-order valence-electron chi connectivity index (χ0n) is 14.0. The molecule has 2 amide bonds. The molecule has 0 aromatic heterocycles. The number of nitrogens with zero attached hydrogens (tertiary/aromatic N) is 1. The van der Waals surface area contributed by atoms with Gasteiger partial charge in [-0.3, -0.25) is 9.59 Å². The van der Waals surface area contributed by atoms with Gasteiger partial charge in [0, 0.05) is 19.3 Å². The molecule has 5 nitrogen and oxygen atoms in total. The minimum atomic E-state index is -0.662. The Bertz CT molecular complexity index is 533. The third-order valence-corrected chi connectivity index (χ3v) is 3.41. The highest BCUT2D eigenvalue weighted by atomic mass is 16.3. The predicted molar refractivity (Wildman–Crippen MR) is 87.7 cm³/mol. The van der Waals surface area contributed by atoms with Crippen LogP contribution in [0.15, 0.2) is 24.3 Å². The molecule has 122 valence electrons. The number of likely N-dealkylation sites (N-methyl/N-ethyl adjacent to an activating group) is 1. The van der Waals surface area contributed by atoms with Gasteiger partial charge in [-0.25, -0.2) is 0 Å². The van der Waals surface area contributed by atoms with E-state index >= 15 is 0 Å². The number of carbonyl (C=O) groups is 2. The number of benzene rings is 1. The fraction of sp³-hybridized carbons (Fsp3) is 0.529. The van der Waals surface area contributed by atoms with Gasteiger partial charge in [0.15, 0.2) is 0 Å². The molecule has 0 aliphatic rings. The van der Waals surface area contributed by atoms with Gasteiger partial charge in [-0.1, -0.05) is 39.0 Å². The Kier molecular flexibility index (Phi) is 6.11. The maximum atomic E-state index is 12.1. The van der Waals surface area contributed by atoms with Gasteiger partial charge in [-0.2, -0.15) is 0 Å². The second-order valence-electron chi connectivity index (χ2n) is 6.61. The van der Waals surface area contributed by atoms with Crippen LogP contribution in [0.2, 0.25) is 0 Å². The maximum absolute atomic E-state index is 12.1. The van der Waals surface area contributed by atoms with Crippen molar-refractivity contribution in [3.8, 4) is 0 Å². The molecular weight excluding hydrogens is 280 g/mol. The molecule has 0 bridgehead atoms. The summed E-state index contributed by atoms with van der Waals surface area (Å²) in [6.07, 6.45) is -0.0615. The Morgan fingerprint density at radius 3 is 2.41 bits per heavy atom. The van der Waals surface area contributed by atoms with Crippen molar-refractivity contribution in [3.05, 3.63) is 29.8 Å². The van der Waals surface area contributed by atoms with Crippen molar-refractivity contribution in [1.82, 2.24) is 4.90 Å². The summed E-state index contributed by atoms with van der Waals surface area (Å²) < 4.78 is 0. The molecule has 1 aromatic rings. The first-order chi connectivity index (χ1) is 10.1. The monoisotopic (exact) mass is 306 g/mol. The number of aliphatic hydroxyl groups excluding tert-OH is 1. The van der Waals surface area contributed by atoms with Gasteiger partial charge in [0.05, 0.1) is 6.10 Å². The predicted octanol–water partition coefficient (Wildman–Crippen LogP) is 2.15. The van der Waals surface area contributed by atoms with E-state index in [2.05, 4.69) is 26.1 Å². The van der Waals surface area contributed by atoms with Crippen molar-refractivity contribution < 1.29 is 14.7 Å². The first kappa shape index (κ1) is 18.2. The van der Waals surface area contributed by atoms with Crippen LogP contribution in [0.5, 0.6) is 0 Å². The maximum Gasteiger partial charge on any atom is 0.313 e. The average molecular weight is 306 g/mol. The van der Waals surface area contributed by atoms with Crippen LogP contribution in [0.4, 0.5) is 5.69 Å². The molecule has 0 spiro atoms. The Labute approximate surface area is 132 Å². The van der Waals surface area contributed by atoms with E-state index < -0.39 is 17.9 Å². The lowest BCUT2D eigenvalue weighted by Crippen LogP contribution is -2.38. The van der Waals surface area contributed by atoms with Crippen molar-refractivity contribution in [2.75, 3.05) is 18.9 Å². The number of para-hydroxylation sites is 1. The largest absolute Gasteiger partial charge is 0.393 e. The zero-order valence-corrected chi connectivity index (χ0v) is 14.0. The van der Waals surface area contributed by atoms with Gasteiger partial charge < -0.3 is 15.3 Å². The molecule has 1 aromatic carbocycles. The first-order valence-electron chi connectivity index (χ1n) is 7.47. The third kappa shape index (κ3) is 5.15. The highest BCUT2D eigenvalue weighted by Gasteiger charge is 2.23. The molecule has 1 rings (SSSR count). The second kappa shape index (κ2) is 7.40. The summed E-state index contributed by atoms with van der Waals surface area (Å²) in [6.45, 7) is 8.14. The number of amides is 2. The molecule has 0 saturated heterocycles. The topological polar surface area (TPSA) is 69.6 Å². The molecular formula is C17H26N2O3. The Balaban J connectivity index is 2.79. The minimum absolute atomic E-state index is 0.134. The molecule has 2 N–H and O–H groups in total. The number of aliphatic hydroxyl groups is 1. The molecule has 1 atom stereocenters. The molecule has 0 radical (unpaired) electrons. The Morgan fingerprint density at radius 2 is 1.86 bits per heavy atom. The van der Waals surface area contributed by atoms with Gasteiger partial charge in [0.2, 0.25) is 0 Å². The van der Waals surface area contributed by atoms with Gasteiger partial charge in [0.1, 0.15) is 0 Å². The lowest BCUT2D eigenvalue weighted by atomic mass is 9.86. The number of carbonyl (C=O) groups excluding carboxylic acids is 2. The lowest BCUT2D eigenvalue weighted by molar-refractivity contribution is -0.142. The summed E-state index contributed by atoms with van der Waals surface area (Å²) in [7, 11) is 1.56. The van der Waals surface area contributed by atoms with Crippen molar-refractivity contribution in [1.29, 1.82) is 0 Å². The molecule has 1 unspecified atom stereocenters. The fourth-order valence-electron chi connectivity index (χ4n) is 2.08. The van der Waals surface area contributed by atoms with Crippen LogP contribution in [-0.4, -0.2) is 41.5 Å². The van der Waals surface area contributed by atoms with E-state index in [4.69, 9.17) is 0 Å².